The Balaban J connectivity index is 2.14. The summed E-state index contributed by atoms with van der Waals surface area (Å²) < 4.78 is 0. The van der Waals surface area contributed by atoms with Gasteiger partial charge in [-0.1, -0.05) is 58.7 Å². The predicted octanol–water partition coefficient (Wildman–Crippen LogP) is 1.30. The highest BCUT2D eigenvalue weighted by atomic mass is 16.4. The van der Waals surface area contributed by atoms with Gasteiger partial charge in [0.1, 0.15) is 12.1 Å². The maximum absolute atomic E-state index is 13.0. The van der Waals surface area contributed by atoms with Crippen LogP contribution in [0, 0.1) is 11.8 Å². The van der Waals surface area contributed by atoms with Gasteiger partial charge >= 0.3 is 5.97 Å². The summed E-state index contributed by atoms with van der Waals surface area (Å²) in [4.78, 5) is 52.8. The minimum atomic E-state index is -1.14. The average Bonchev–Trinajstić information content (AvgIpc) is 3.26. The van der Waals surface area contributed by atoms with Crippen LogP contribution in [0.1, 0.15) is 46.1 Å². The monoisotopic (exact) mass is 487 g/mol. The molecule has 0 aliphatic carbocycles. The lowest BCUT2D eigenvalue weighted by atomic mass is 9.98. The van der Waals surface area contributed by atoms with E-state index in [-0.39, 0.29) is 18.3 Å². The number of hydrogen-bond acceptors (Lipinski definition) is 5. The van der Waals surface area contributed by atoms with Gasteiger partial charge in [-0.05, 0) is 23.5 Å². The number of rotatable bonds is 13. The van der Waals surface area contributed by atoms with Gasteiger partial charge in [-0.3, -0.25) is 14.4 Å². The average molecular weight is 488 g/mol. The summed E-state index contributed by atoms with van der Waals surface area (Å²) in [5.74, 6) is -3.13. The Labute approximate surface area is 205 Å². The number of nitrogens with one attached hydrogen (secondary N) is 4. The molecule has 2 rings (SSSR count). The molecule has 1 aromatic carbocycles. The van der Waals surface area contributed by atoms with Gasteiger partial charge in [0.25, 0.3) is 0 Å². The second-order valence-corrected chi connectivity index (χ2v) is 9.02. The number of aromatic nitrogens is 1. The fraction of sp³-hybridized carbons (Fsp3) is 0.520. The molecule has 35 heavy (non-hydrogen) atoms. The Morgan fingerprint density at radius 1 is 1.00 bits per heavy atom. The Morgan fingerprint density at radius 2 is 1.66 bits per heavy atom. The van der Waals surface area contributed by atoms with Gasteiger partial charge < -0.3 is 31.8 Å². The van der Waals surface area contributed by atoms with Crippen molar-refractivity contribution in [1.29, 1.82) is 0 Å². The molecule has 0 saturated carbocycles. The van der Waals surface area contributed by atoms with Crippen LogP contribution in [0.4, 0.5) is 0 Å². The highest BCUT2D eigenvalue weighted by Gasteiger charge is 2.29. The van der Waals surface area contributed by atoms with Gasteiger partial charge in [0.05, 0.1) is 12.6 Å². The fourth-order valence-corrected chi connectivity index (χ4v) is 3.71. The van der Waals surface area contributed by atoms with Crippen LogP contribution in [-0.4, -0.2) is 58.5 Å². The number of hydrogen-bond donors (Lipinski definition) is 6. The van der Waals surface area contributed by atoms with E-state index < -0.39 is 48.4 Å². The second kappa shape index (κ2) is 12.9. The van der Waals surface area contributed by atoms with Gasteiger partial charge in [0.15, 0.2) is 0 Å². The molecule has 2 aromatic rings. The molecule has 0 bridgehead atoms. The first-order valence-corrected chi connectivity index (χ1v) is 12.0. The minimum absolute atomic E-state index is 0.0777. The molecule has 0 spiro atoms. The van der Waals surface area contributed by atoms with Crippen molar-refractivity contribution in [2.24, 2.45) is 17.6 Å². The topological polar surface area (TPSA) is 166 Å². The molecule has 3 amide bonds. The molecule has 0 radical (unpaired) electrons. The SMILES string of the molecule is CCC(C)C(N)C(=O)NC(Cc1c[nH]c2ccccc12)C(=O)NCC(=O)NC(C(=O)O)C(C)CC. The predicted molar refractivity (Wildman–Crippen MR) is 133 cm³/mol. The molecule has 7 N–H and O–H groups in total. The van der Waals surface area contributed by atoms with Crippen molar-refractivity contribution in [1.82, 2.24) is 20.9 Å². The van der Waals surface area contributed by atoms with E-state index in [4.69, 9.17) is 5.73 Å². The molecular formula is C25H37N5O5. The first-order valence-electron chi connectivity index (χ1n) is 12.0. The zero-order valence-electron chi connectivity index (χ0n) is 20.8. The van der Waals surface area contributed by atoms with Crippen LogP contribution in [0.3, 0.4) is 0 Å². The van der Waals surface area contributed by atoms with Crippen LogP contribution in [0.5, 0.6) is 0 Å². The van der Waals surface area contributed by atoms with Crippen molar-refractivity contribution in [2.75, 3.05) is 6.54 Å². The third-order valence-corrected chi connectivity index (χ3v) is 6.51. The molecule has 10 heteroatoms. The zero-order valence-corrected chi connectivity index (χ0v) is 20.8. The largest absolute Gasteiger partial charge is 0.480 e. The zero-order chi connectivity index (χ0) is 26.1. The van der Waals surface area contributed by atoms with Crippen LogP contribution < -0.4 is 21.7 Å². The summed E-state index contributed by atoms with van der Waals surface area (Å²) in [6.07, 6.45) is 3.23. The van der Waals surface area contributed by atoms with Crippen molar-refractivity contribution < 1.29 is 24.3 Å². The molecule has 0 fully saturated rings. The Kier molecular flexibility index (Phi) is 10.3. The molecular weight excluding hydrogens is 450 g/mol. The molecule has 5 atom stereocenters. The molecule has 5 unspecified atom stereocenters. The molecule has 0 saturated heterocycles. The summed E-state index contributed by atoms with van der Waals surface area (Å²) in [6, 6.07) is 4.78. The van der Waals surface area contributed by atoms with Crippen molar-refractivity contribution >= 4 is 34.6 Å². The number of H-pyrrole nitrogens is 1. The Bertz CT molecular complexity index is 1040. The number of aliphatic carboxylic acids is 1. The van der Waals surface area contributed by atoms with Crippen molar-refractivity contribution in [3.63, 3.8) is 0 Å². The summed E-state index contributed by atoms with van der Waals surface area (Å²) in [5, 5.41) is 18.0. The third kappa shape index (κ3) is 7.54. The number of carbonyl (C=O) groups excluding carboxylic acids is 3. The van der Waals surface area contributed by atoms with Crippen LogP contribution >= 0.6 is 0 Å². The van der Waals surface area contributed by atoms with E-state index in [0.29, 0.717) is 12.8 Å². The van der Waals surface area contributed by atoms with E-state index in [0.717, 1.165) is 16.5 Å². The highest BCUT2D eigenvalue weighted by molar-refractivity contribution is 5.93. The number of aromatic amines is 1. The molecule has 10 nitrogen and oxygen atoms in total. The number of amides is 3. The van der Waals surface area contributed by atoms with E-state index in [9.17, 15) is 24.3 Å². The van der Waals surface area contributed by atoms with Gasteiger partial charge in [-0.2, -0.15) is 0 Å². The Morgan fingerprint density at radius 3 is 2.29 bits per heavy atom. The first-order chi connectivity index (χ1) is 16.6. The molecule has 1 aromatic heterocycles. The summed E-state index contributed by atoms with van der Waals surface area (Å²) in [7, 11) is 0. The van der Waals surface area contributed by atoms with E-state index in [1.807, 2.05) is 45.0 Å². The van der Waals surface area contributed by atoms with Crippen molar-refractivity contribution in [3.05, 3.63) is 36.0 Å². The number of nitrogens with two attached hydrogens (primary N) is 1. The first kappa shape index (κ1) is 27.8. The summed E-state index contributed by atoms with van der Waals surface area (Å²) in [5.41, 5.74) is 7.78. The highest BCUT2D eigenvalue weighted by Crippen LogP contribution is 2.19. The molecule has 0 aliphatic heterocycles. The number of carbonyl (C=O) groups is 4. The minimum Gasteiger partial charge on any atom is -0.480 e. The standard InChI is InChI=1S/C25H37N5O5/c1-5-14(3)21(26)24(33)29-19(11-16-12-27-18-10-8-7-9-17(16)18)23(32)28-13-20(31)30-22(25(34)35)15(4)6-2/h7-10,12,14-15,19,21-22,27H,5-6,11,13,26H2,1-4H3,(H,28,32)(H,29,33)(H,30,31)(H,34,35). The van der Waals surface area contributed by atoms with Gasteiger partial charge in [-0.15, -0.1) is 0 Å². The quantitative estimate of drug-likeness (QED) is 0.249. The van der Waals surface area contributed by atoms with Crippen LogP contribution in [0.2, 0.25) is 0 Å². The van der Waals surface area contributed by atoms with Crippen LogP contribution in [0.15, 0.2) is 30.5 Å². The summed E-state index contributed by atoms with van der Waals surface area (Å²) >= 11 is 0. The lowest BCUT2D eigenvalue weighted by Gasteiger charge is -2.23. The van der Waals surface area contributed by atoms with Crippen LogP contribution in [-0.2, 0) is 25.6 Å². The normalized spacial score (nSPS) is 15.5. The van der Waals surface area contributed by atoms with Crippen molar-refractivity contribution in [3.8, 4) is 0 Å². The van der Waals surface area contributed by atoms with Gasteiger partial charge in [-0.25, -0.2) is 4.79 Å². The fourth-order valence-electron chi connectivity index (χ4n) is 3.71. The van der Waals surface area contributed by atoms with E-state index in [2.05, 4.69) is 20.9 Å². The van der Waals surface area contributed by atoms with E-state index in [1.54, 1.807) is 13.1 Å². The van der Waals surface area contributed by atoms with Crippen molar-refractivity contribution in [2.45, 2.75) is 65.1 Å². The number of carboxylic acids is 1. The smallest absolute Gasteiger partial charge is 0.326 e. The molecule has 192 valence electrons. The number of fused-ring (bicyclic) bond motifs is 1. The number of benzene rings is 1. The van der Waals surface area contributed by atoms with E-state index in [1.165, 1.54) is 0 Å². The van der Waals surface area contributed by atoms with Gasteiger partial charge in [0, 0.05) is 23.5 Å². The number of carboxylic acid groups (broad SMARTS) is 1. The Hall–Kier alpha value is -3.40. The lowest BCUT2D eigenvalue weighted by molar-refractivity contribution is -0.143. The lowest BCUT2D eigenvalue weighted by Crippen LogP contribution is -2.55. The maximum Gasteiger partial charge on any atom is 0.326 e. The summed E-state index contributed by atoms with van der Waals surface area (Å²) in [6.45, 7) is 6.92. The van der Waals surface area contributed by atoms with E-state index >= 15 is 0 Å². The number of para-hydroxylation sites is 1. The second-order valence-electron chi connectivity index (χ2n) is 9.02. The third-order valence-electron chi connectivity index (χ3n) is 6.51. The molecule has 0 aliphatic rings. The van der Waals surface area contributed by atoms with Crippen LogP contribution in [0.25, 0.3) is 10.9 Å². The molecule has 1 heterocycles. The maximum atomic E-state index is 13.0. The van der Waals surface area contributed by atoms with Gasteiger partial charge in [0.2, 0.25) is 17.7 Å².